The molecule has 0 N–H and O–H groups in total. The van der Waals surface area contributed by atoms with Gasteiger partial charge in [-0.05, 0) is 5.56 Å². The average Bonchev–Trinajstić information content (AvgIpc) is 2.42. The summed E-state index contributed by atoms with van der Waals surface area (Å²) in [6.07, 6.45) is 0. The number of hydrogen-bond donors (Lipinski definition) is 0. The molecule has 0 amide bonds. The Morgan fingerprint density at radius 1 is 1.28 bits per heavy atom. The monoisotopic (exact) mass is 270 g/mol. The molecule has 2 unspecified atom stereocenters. The lowest BCUT2D eigenvalue weighted by Crippen LogP contribution is -2.22. The first kappa shape index (κ1) is 14.9. The van der Waals surface area contributed by atoms with Crippen LogP contribution >= 0.6 is 0 Å². The molecule has 0 radical (unpaired) electrons. The highest BCUT2D eigenvalue weighted by molar-refractivity contribution is 7.85. The van der Waals surface area contributed by atoms with Crippen LogP contribution in [0.5, 0.6) is 0 Å². The molecule has 18 heavy (non-hydrogen) atoms. The minimum Gasteiger partial charge on any atom is -0.469 e. The highest BCUT2D eigenvalue weighted by atomic mass is 32.2. The summed E-state index contributed by atoms with van der Waals surface area (Å²) in [7, 11) is 1.81. The van der Waals surface area contributed by atoms with Crippen molar-refractivity contribution in [3.05, 3.63) is 35.9 Å². The molecular formula is C13H18O4S. The Bertz CT molecular complexity index is 391. The molecule has 4 nitrogen and oxygen atoms in total. The summed E-state index contributed by atoms with van der Waals surface area (Å²) in [5, 5.41) is 0. The second kappa shape index (κ2) is 8.00. The molecule has 0 aliphatic carbocycles. The lowest BCUT2D eigenvalue weighted by Gasteiger charge is -2.14. The van der Waals surface area contributed by atoms with E-state index in [1.165, 1.54) is 7.11 Å². The van der Waals surface area contributed by atoms with Crippen LogP contribution < -0.4 is 0 Å². The Morgan fingerprint density at radius 3 is 2.50 bits per heavy atom. The van der Waals surface area contributed by atoms with Gasteiger partial charge in [-0.15, -0.1) is 0 Å². The number of carbonyl (C=O) groups is 1. The van der Waals surface area contributed by atoms with Crippen molar-refractivity contribution >= 4 is 16.8 Å². The molecule has 0 saturated carbocycles. The van der Waals surface area contributed by atoms with E-state index in [4.69, 9.17) is 9.47 Å². The standard InChI is InChI=1S/C13H18O4S/c1-16-8-9-18(15)10-12(13(14)17-2)11-6-4-3-5-7-11/h3-7,12H,8-10H2,1-2H3. The Morgan fingerprint density at radius 2 is 1.94 bits per heavy atom. The van der Waals surface area contributed by atoms with E-state index >= 15 is 0 Å². The molecule has 1 aromatic rings. The van der Waals surface area contributed by atoms with Gasteiger partial charge < -0.3 is 9.47 Å². The van der Waals surface area contributed by atoms with Crippen molar-refractivity contribution in [3.8, 4) is 0 Å². The van der Waals surface area contributed by atoms with Gasteiger partial charge in [0.15, 0.2) is 0 Å². The summed E-state index contributed by atoms with van der Waals surface area (Å²) < 4.78 is 21.5. The fraction of sp³-hybridized carbons (Fsp3) is 0.462. The molecule has 1 rings (SSSR count). The van der Waals surface area contributed by atoms with E-state index in [9.17, 15) is 9.00 Å². The van der Waals surface area contributed by atoms with Gasteiger partial charge in [0, 0.05) is 29.4 Å². The lowest BCUT2D eigenvalue weighted by atomic mass is 10.0. The van der Waals surface area contributed by atoms with Crippen LogP contribution in [0.4, 0.5) is 0 Å². The van der Waals surface area contributed by atoms with Crippen molar-refractivity contribution in [2.45, 2.75) is 5.92 Å². The maximum absolute atomic E-state index is 11.8. The predicted octanol–water partition coefficient (Wildman–Crippen LogP) is 1.34. The molecule has 0 bridgehead atoms. The van der Waals surface area contributed by atoms with Gasteiger partial charge in [-0.25, -0.2) is 0 Å². The number of esters is 1. The molecular weight excluding hydrogens is 252 g/mol. The van der Waals surface area contributed by atoms with Gasteiger partial charge in [0.05, 0.1) is 19.6 Å². The minimum atomic E-state index is -1.10. The molecule has 5 heteroatoms. The zero-order valence-electron chi connectivity index (χ0n) is 10.6. The van der Waals surface area contributed by atoms with Crippen LogP contribution in [-0.2, 0) is 25.1 Å². The van der Waals surface area contributed by atoms with Gasteiger partial charge in [0.2, 0.25) is 0 Å². The van der Waals surface area contributed by atoms with Gasteiger partial charge in [0.25, 0.3) is 0 Å². The van der Waals surface area contributed by atoms with E-state index in [2.05, 4.69) is 0 Å². The molecule has 0 heterocycles. The molecule has 2 atom stereocenters. The molecule has 1 aromatic carbocycles. The lowest BCUT2D eigenvalue weighted by molar-refractivity contribution is -0.141. The third-order valence-corrected chi connectivity index (χ3v) is 3.88. The van der Waals surface area contributed by atoms with Crippen molar-refractivity contribution in [2.75, 3.05) is 32.3 Å². The Balaban J connectivity index is 2.74. The first-order valence-electron chi connectivity index (χ1n) is 5.65. The van der Waals surface area contributed by atoms with Crippen LogP contribution in [0.2, 0.25) is 0 Å². The highest BCUT2D eigenvalue weighted by Crippen LogP contribution is 2.18. The smallest absolute Gasteiger partial charge is 0.314 e. The van der Waals surface area contributed by atoms with Gasteiger partial charge in [-0.3, -0.25) is 9.00 Å². The van der Waals surface area contributed by atoms with Crippen molar-refractivity contribution in [3.63, 3.8) is 0 Å². The van der Waals surface area contributed by atoms with Gasteiger partial charge in [-0.1, -0.05) is 30.3 Å². The molecule has 0 fully saturated rings. The van der Waals surface area contributed by atoms with E-state index in [-0.39, 0.29) is 11.7 Å². The van der Waals surface area contributed by atoms with E-state index < -0.39 is 16.7 Å². The van der Waals surface area contributed by atoms with Crippen molar-refractivity contribution in [1.29, 1.82) is 0 Å². The highest BCUT2D eigenvalue weighted by Gasteiger charge is 2.23. The van der Waals surface area contributed by atoms with E-state index in [1.807, 2.05) is 30.3 Å². The van der Waals surface area contributed by atoms with Gasteiger partial charge in [0.1, 0.15) is 0 Å². The van der Waals surface area contributed by atoms with Crippen LogP contribution in [0.1, 0.15) is 11.5 Å². The average molecular weight is 270 g/mol. The number of hydrogen-bond acceptors (Lipinski definition) is 4. The van der Waals surface area contributed by atoms with E-state index in [1.54, 1.807) is 7.11 Å². The summed E-state index contributed by atoms with van der Waals surface area (Å²) >= 11 is 0. The van der Waals surface area contributed by atoms with Gasteiger partial charge in [-0.2, -0.15) is 0 Å². The maximum atomic E-state index is 11.8. The van der Waals surface area contributed by atoms with Crippen molar-refractivity contribution < 1.29 is 18.5 Å². The van der Waals surface area contributed by atoms with Crippen LogP contribution in [0.25, 0.3) is 0 Å². The first-order chi connectivity index (χ1) is 8.69. The Kier molecular flexibility index (Phi) is 6.60. The second-order valence-corrected chi connectivity index (χ2v) is 5.41. The number of ether oxygens (including phenoxy) is 2. The quantitative estimate of drug-likeness (QED) is 0.702. The van der Waals surface area contributed by atoms with Crippen LogP contribution in [0.3, 0.4) is 0 Å². The van der Waals surface area contributed by atoms with Crippen LogP contribution in [0, 0.1) is 0 Å². The predicted molar refractivity (Wildman–Crippen MR) is 71.0 cm³/mol. The molecule has 0 aliphatic heterocycles. The van der Waals surface area contributed by atoms with Crippen molar-refractivity contribution in [2.24, 2.45) is 0 Å². The first-order valence-corrected chi connectivity index (χ1v) is 7.14. The number of methoxy groups -OCH3 is 2. The molecule has 0 aromatic heterocycles. The van der Waals surface area contributed by atoms with E-state index in [0.717, 1.165) is 5.56 Å². The summed E-state index contributed by atoms with van der Waals surface area (Å²) in [5.74, 6) is -0.141. The number of carbonyl (C=O) groups excluding carboxylic acids is 1. The SMILES string of the molecule is COCCS(=O)CC(C(=O)OC)c1ccccc1. The normalized spacial score (nSPS) is 13.9. The van der Waals surface area contributed by atoms with Gasteiger partial charge >= 0.3 is 5.97 Å². The Labute approximate surface area is 110 Å². The molecule has 0 aliphatic rings. The fourth-order valence-corrected chi connectivity index (χ4v) is 2.79. The third kappa shape index (κ3) is 4.58. The molecule has 100 valence electrons. The molecule has 0 spiro atoms. The zero-order chi connectivity index (χ0) is 13.4. The largest absolute Gasteiger partial charge is 0.469 e. The third-order valence-electron chi connectivity index (χ3n) is 2.56. The number of rotatable bonds is 7. The van der Waals surface area contributed by atoms with Crippen LogP contribution in [-0.4, -0.2) is 42.5 Å². The maximum Gasteiger partial charge on any atom is 0.314 e. The summed E-state index contributed by atoms with van der Waals surface area (Å²) in [6, 6.07) is 9.26. The van der Waals surface area contributed by atoms with Crippen molar-refractivity contribution in [1.82, 2.24) is 0 Å². The summed E-state index contributed by atoms with van der Waals surface area (Å²) in [4.78, 5) is 11.7. The minimum absolute atomic E-state index is 0.264. The number of benzene rings is 1. The Hall–Kier alpha value is -1.20. The fourth-order valence-electron chi connectivity index (χ4n) is 1.57. The second-order valence-electron chi connectivity index (χ2n) is 3.79. The van der Waals surface area contributed by atoms with E-state index in [0.29, 0.717) is 12.4 Å². The summed E-state index contributed by atoms with van der Waals surface area (Å²) in [5.41, 5.74) is 0.829. The summed E-state index contributed by atoms with van der Waals surface area (Å²) in [6.45, 7) is 0.426. The zero-order valence-corrected chi connectivity index (χ0v) is 11.4. The topological polar surface area (TPSA) is 52.6 Å². The molecule has 0 saturated heterocycles. The van der Waals surface area contributed by atoms with Crippen LogP contribution in [0.15, 0.2) is 30.3 Å².